The van der Waals surface area contributed by atoms with Crippen molar-refractivity contribution in [1.29, 1.82) is 0 Å². The molecule has 1 aliphatic carbocycles. The second-order valence-corrected chi connectivity index (χ2v) is 5.97. The van der Waals surface area contributed by atoms with Crippen LogP contribution in [0, 0.1) is 0 Å². The Morgan fingerprint density at radius 3 is 2.59 bits per heavy atom. The van der Waals surface area contributed by atoms with Crippen molar-refractivity contribution in [3.8, 4) is 11.3 Å². The van der Waals surface area contributed by atoms with Crippen molar-refractivity contribution in [1.82, 2.24) is 4.98 Å². The molecule has 27 heavy (non-hydrogen) atoms. The highest BCUT2D eigenvalue weighted by Crippen LogP contribution is 2.27. The van der Waals surface area contributed by atoms with Gasteiger partial charge in [0.2, 0.25) is 11.6 Å². The van der Waals surface area contributed by atoms with Gasteiger partial charge in [0, 0.05) is 12.0 Å². The molecule has 0 unspecified atom stereocenters. The van der Waals surface area contributed by atoms with E-state index in [-0.39, 0.29) is 35.1 Å². The quantitative estimate of drug-likeness (QED) is 0.807. The molecule has 2 aromatic rings. The van der Waals surface area contributed by atoms with Crippen LogP contribution in [0.4, 0.5) is 0 Å². The Kier molecular flexibility index (Phi) is 5.03. The van der Waals surface area contributed by atoms with E-state index >= 15 is 0 Å². The van der Waals surface area contributed by atoms with Gasteiger partial charge in [-0.3, -0.25) is 14.4 Å². The number of esters is 1. The number of carbonyl (C=O) groups excluding carboxylic acids is 3. The van der Waals surface area contributed by atoms with Gasteiger partial charge in [-0.2, -0.15) is 0 Å². The molecule has 3 rings (SSSR count). The van der Waals surface area contributed by atoms with E-state index in [4.69, 9.17) is 10.5 Å². The SMILES string of the molecule is COC(=O)CCc1cccc(-c2ccc3c(n2)C(=O)C(N)=C(OC)C3=O)c1. The topological polar surface area (TPSA) is 109 Å². The zero-order valence-electron chi connectivity index (χ0n) is 14.9. The normalized spacial score (nSPS) is 13.4. The summed E-state index contributed by atoms with van der Waals surface area (Å²) < 4.78 is 9.60. The van der Waals surface area contributed by atoms with E-state index in [0.717, 1.165) is 11.1 Å². The van der Waals surface area contributed by atoms with Crippen LogP contribution in [-0.2, 0) is 20.7 Å². The van der Waals surface area contributed by atoms with Crippen molar-refractivity contribution in [3.63, 3.8) is 0 Å². The molecular formula is C20H18N2O5. The van der Waals surface area contributed by atoms with Crippen LogP contribution < -0.4 is 5.73 Å². The Balaban J connectivity index is 1.95. The second kappa shape index (κ2) is 7.41. The van der Waals surface area contributed by atoms with Gasteiger partial charge >= 0.3 is 5.97 Å². The number of hydrogen-bond acceptors (Lipinski definition) is 7. The van der Waals surface area contributed by atoms with E-state index in [2.05, 4.69) is 9.72 Å². The van der Waals surface area contributed by atoms with Gasteiger partial charge in [0.25, 0.3) is 0 Å². The summed E-state index contributed by atoms with van der Waals surface area (Å²) >= 11 is 0. The lowest BCUT2D eigenvalue weighted by atomic mass is 9.94. The summed E-state index contributed by atoms with van der Waals surface area (Å²) in [6.45, 7) is 0. The van der Waals surface area contributed by atoms with Crippen molar-refractivity contribution in [3.05, 3.63) is 64.7 Å². The van der Waals surface area contributed by atoms with Gasteiger partial charge in [0.15, 0.2) is 5.76 Å². The van der Waals surface area contributed by atoms with Crippen LogP contribution in [0.15, 0.2) is 47.9 Å². The third-order valence-electron chi connectivity index (χ3n) is 4.32. The highest BCUT2D eigenvalue weighted by Gasteiger charge is 2.33. The minimum Gasteiger partial charge on any atom is -0.491 e. The Hall–Kier alpha value is -3.48. The number of ketones is 2. The highest BCUT2D eigenvalue weighted by atomic mass is 16.5. The molecule has 1 aliphatic rings. The summed E-state index contributed by atoms with van der Waals surface area (Å²) in [7, 11) is 2.64. The first-order valence-corrected chi connectivity index (χ1v) is 8.26. The lowest BCUT2D eigenvalue weighted by molar-refractivity contribution is -0.140. The number of rotatable bonds is 5. The molecule has 7 heteroatoms. The van der Waals surface area contributed by atoms with Gasteiger partial charge in [-0.05, 0) is 30.2 Å². The highest BCUT2D eigenvalue weighted by molar-refractivity contribution is 6.25. The molecule has 0 saturated heterocycles. The zero-order valence-corrected chi connectivity index (χ0v) is 14.9. The first-order chi connectivity index (χ1) is 13.0. The number of carbonyl (C=O) groups is 3. The van der Waals surface area contributed by atoms with Gasteiger partial charge in [0.1, 0.15) is 11.4 Å². The van der Waals surface area contributed by atoms with Crippen molar-refractivity contribution >= 4 is 17.5 Å². The first kappa shape index (κ1) is 18.3. The van der Waals surface area contributed by atoms with E-state index in [0.29, 0.717) is 12.1 Å². The van der Waals surface area contributed by atoms with E-state index in [1.807, 2.05) is 24.3 Å². The Morgan fingerprint density at radius 2 is 1.89 bits per heavy atom. The summed E-state index contributed by atoms with van der Waals surface area (Å²) in [5.41, 5.74) is 7.89. The fraction of sp³-hybridized carbons (Fsp3) is 0.200. The number of benzene rings is 1. The molecule has 0 fully saturated rings. The van der Waals surface area contributed by atoms with Crippen molar-refractivity contribution in [2.45, 2.75) is 12.8 Å². The molecule has 1 aromatic carbocycles. The van der Waals surface area contributed by atoms with Crippen LogP contribution in [0.3, 0.4) is 0 Å². The molecule has 138 valence electrons. The molecule has 0 amide bonds. The van der Waals surface area contributed by atoms with E-state index < -0.39 is 11.6 Å². The number of aromatic nitrogens is 1. The average molecular weight is 366 g/mol. The van der Waals surface area contributed by atoms with Gasteiger partial charge in [0.05, 0.1) is 25.5 Å². The Morgan fingerprint density at radius 1 is 1.11 bits per heavy atom. The Bertz CT molecular complexity index is 978. The standard InChI is InChI=1S/C20H18N2O5/c1-26-15(23)9-6-11-4-3-5-12(10-11)14-8-7-13-17(22-14)19(25)16(21)20(27-2)18(13)24/h3-5,7-8,10H,6,9,21H2,1-2H3. The number of allylic oxidation sites excluding steroid dienone is 2. The molecule has 7 nitrogen and oxygen atoms in total. The summed E-state index contributed by atoms with van der Waals surface area (Å²) in [5, 5.41) is 0. The minimum absolute atomic E-state index is 0.00997. The van der Waals surface area contributed by atoms with Crippen molar-refractivity contribution < 1.29 is 23.9 Å². The van der Waals surface area contributed by atoms with Crippen molar-refractivity contribution in [2.24, 2.45) is 5.73 Å². The number of Topliss-reactive ketones (excluding diaryl/α,β-unsaturated/α-hetero) is 2. The summed E-state index contributed by atoms with van der Waals surface area (Å²) in [6.07, 6.45) is 0.793. The predicted molar refractivity (Wildman–Crippen MR) is 96.9 cm³/mol. The number of methoxy groups -OCH3 is 2. The third-order valence-corrected chi connectivity index (χ3v) is 4.32. The number of nitrogens with two attached hydrogens (primary N) is 1. The maximum Gasteiger partial charge on any atom is 0.305 e. The maximum absolute atomic E-state index is 12.5. The van der Waals surface area contributed by atoms with E-state index in [1.54, 1.807) is 12.1 Å². The molecule has 0 saturated carbocycles. The van der Waals surface area contributed by atoms with E-state index in [9.17, 15) is 14.4 Å². The number of nitrogens with zero attached hydrogens (tertiary/aromatic N) is 1. The van der Waals surface area contributed by atoms with Crippen LogP contribution in [0.25, 0.3) is 11.3 Å². The van der Waals surface area contributed by atoms with Crippen LogP contribution in [0.5, 0.6) is 0 Å². The molecule has 0 bridgehead atoms. The lowest BCUT2D eigenvalue weighted by Gasteiger charge is -2.17. The molecule has 0 spiro atoms. The van der Waals surface area contributed by atoms with Crippen LogP contribution in [0.1, 0.15) is 32.8 Å². The molecule has 0 atom stereocenters. The number of pyridine rings is 1. The van der Waals surface area contributed by atoms with E-state index in [1.165, 1.54) is 14.2 Å². The fourth-order valence-corrected chi connectivity index (χ4v) is 2.89. The molecule has 1 aromatic heterocycles. The Labute approximate surface area is 155 Å². The van der Waals surface area contributed by atoms with Gasteiger partial charge < -0.3 is 15.2 Å². The minimum atomic E-state index is -0.537. The average Bonchev–Trinajstić information content (AvgIpc) is 2.70. The maximum atomic E-state index is 12.5. The van der Waals surface area contributed by atoms with Crippen LogP contribution in [-0.4, -0.2) is 36.7 Å². The number of hydrogen-bond donors (Lipinski definition) is 1. The summed E-state index contributed by atoms with van der Waals surface area (Å²) in [4.78, 5) is 40.5. The van der Waals surface area contributed by atoms with Crippen molar-refractivity contribution in [2.75, 3.05) is 14.2 Å². The molecule has 0 radical (unpaired) electrons. The molecule has 1 heterocycles. The molecular weight excluding hydrogens is 348 g/mol. The lowest BCUT2D eigenvalue weighted by Crippen LogP contribution is -2.28. The smallest absolute Gasteiger partial charge is 0.305 e. The number of fused-ring (bicyclic) bond motifs is 1. The van der Waals surface area contributed by atoms with Gasteiger partial charge in [-0.1, -0.05) is 18.2 Å². The largest absolute Gasteiger partial charge is 0.491 e. The number of aryl methyl sites for hydroxylation is 1. The first-order valence-electron chi connectivity index (χ1n) is 8.26. The van der Waals surface area contributed by atoms with Gasteiger partial charge in [-0.15, -0.1) is 0 Å². The zero-order chi connectivity index (χ0) is 19.6. The molecule has 0 aliphatic heterocycles. The van der Waals surface area contributed by atoms with Gasteiger partial charge in [-0.25, -0.2) is 4.98 Å². The third kappa shape index (κ3) is 3.44. The monoisotopic (exact) mass is 366 g/mol. The van der Waals surface area contributed by atoms with Crippen LogP contribution >= 0.6 is 0 Å². The molecule has 2 N–H and O–H groups in total. The van der Waals surface area contributed by atoms with Crippen LogP contribution in [0.2, 0.25) is 0 Å². The summed E-state index contributed by atoms with van der Waals surface area (Å²) in [6, 6.07) is 10.7. The number of ether oxygens (including phenoxy) is 2. The second-order valence-electron chi connectivity index (χ2n) is 5.97. The fourth-order valence-electron chi connectivity index (χ4n) is 2.89. The predicted octanol–water partition coefficient (Wildman–Crippen LogP) is 2.05. The summed E-state index contributed by atoms with van der Waals surface area (Å²) in [5.74, 6) is -1.44.